The van der Waals surface area contributed by atoms with Crippen molar-refractivity contribution in [2.75, 3.05) is 30.4 Å². The van der Waals surface area contributed by atoms with Gasteiger partial charge in [0, 0.05) is 30.0 Å². The number of benzene rings is 2. The maximum absolute atomic E-state index is 12.6. The standard InChI is InChI=1S/C19H19N3O4/c1-12-6-7-14(18(24)26-2)11-16(12)21-17(23)13-4-3-5-15(10-13)22-9-8-20-19(22)25/h3-7,10-11H,8-9H2,1-2H3,(H,20,25)(H,21,23). The number of hydrogen-bond donors (Lipinski definition) is 2. The summed E-state index contributed by atoms with van der Waals surface area (Å²) in [7, 11) is 1.31. The number of esters is 1. The summed E-state index contributed by atoms with van der Waals surface area (Å²) >= 11 is 0. The molecule has 1 fully saturated rings. The first-order valence-electron chi connectivity index (χ1n) is 8.15. The van der Waals surface area contributed by atoms with Crippen LogP contribution in [0.2, 0.25) is 0 Å². The summed E-state index contributed by atoms with van der Waals surface area (Å²) in [5.74, 6) is -0.792. The second-order valence-electron chi connectivity index (χ2n) is 5.91. The Morgan fingerprint density at radius 1 is 1.15 bits per heavy atom. The smallest absolute Gasteiger partial charge is 0.337 e. The summed E-state index contributed by atoms with van der Waals surface area (Å²) in [6, 6.07) is 11.6. The molecular weight excluding hydrogens is 334 g/mol. The Hall–Kier alpha value is -3.35. The maximum Gasteiger partial charge on any atom is 0.337 e. The minimum atomic E-state index is -0.470. The molecule has 7 heteroatoms. The summed E-state index contributed by atoms with van der Waals surface area (Å²) < 4.78 is 4.71. The molecule has 0 unspecified atom stereocenters. The second kappa shape index (κ2) is 7.26. The number of aryl methyl sites for hydroxylation is 1. The predicted octanol–water partition coefficient (Wildman–Crippen LogP) is 2.56. The molecule has 0 atom stereocenters. The van der Waals surface area contributed by atoms with Gasteiger partial charge in [-0.15, -0.1) is 0 Å². The van der Waals surface area contributed by atoms with Crippen LogP contribution in [0.1, 0.15) is 26.3 Å². The van der Waals surface area contributed by atoms with Crippen molar-refractivity contribution >= 4 is 29.3 Å². The van der Waals surface area contributed by atoms with Crippen LogP contribution in [0.25, 0.3) is 0 Å². The molecule has 0 aromatic heterocycles. The molecule has 0 radical (unpaired) electrons. The molecule has 26 heavy (non-hydrogen) atoms. The van der Waals surface area contributed by atoms with Crippen molar-refractivity contribution in [3.63, 3.8) is 0 Å². The Kier molecular flexibility index (Phi) is 4.88. The van der Waals surface area contributed by atoms with Crippen molar-refractivity contribution in [2.45, 2.75) is 6.92 Å². The Bertz CT molecular complexity index is 879. The first kappa shape index (κ1) is 17.5. The number of rotatable bonds is 4. The average molecular weight is 353 g/mol. The lowest BCUT2D eigenvalue weighted by Crippen LogP contribution is -2.27. The Balaban J connectivity index is 1.82. The van der Waals surface area contributed by atoms with E-state index in [4.69, 9.17) is 4.74 Å². The molecule has 0 saturated carbocycles. The van der Waals surface area contributed by atoms with E-state index in [0.717, 1.165) is 5.56 Å². The van der Waals surface area contributed by atoms with Crippen molar-refractivity contribution in [3.8, 4) is 0 Å². The minimum absolute atomic E-state index is 0.177. The van der Waals surface area contributed by atoms with E-state index in [9.17, 15) is 14.4 Å². The molecular formula is C19H19N3O4. The van der Waals surface area contributed by atoms with Crippen LogP contribution in [0.5, 0.6) is 0 Å². The second-order valence-corrected chi connectivity index (χ2v) is 5.91. The number of carbonyl (C=O) groups is 3. The van der Waals surface area contributed by atoms with Crippen LogP contribution in [0.4, 0.5) is 16.2 Å². The van der Waals surface area contributed by atoms with Crippen molar-refractivity contribution in [1.82, 2.24) is 5.32 Å². The molecule has 2 aromatic rings. The lowest BCUT2D eigenvalue weighted by atomic mass is 10.1. The van der Waals surface area contributed by atoms with Crippen LogP contribution >= 0.6 is 0 Å². The summed E-state index contributed by atoms with van der Waals surface area (Å²) in [6.45, 7) is 2.97. The molecule has 1 heterocycles. The quantitative estimate of drug-likeness (QED) is 0.827. The summed E-state index contributed by atoms with van der Waals surface area (Å²) in [6.07, 6.45) is 0. The van der Waals surface area contributed by atoms with Gasteiger partial charge in [0.2, 0.25) is 0 Å². The third-order valence-corrected chi connectivity index (χ3v) is 4.18. The van der Waals surface area contributed by atoms with E-state index >= 15 is 0 Å². The third kappa shape index (κ3) is 3.51. The van der Waals surface area contributed by atoms with E-state index in [1.165, 1.54) is 7.11 Å². The van der Waals surface area contributed by atoms with E-state index in [2.05, 4.69) is 10.6 Å². The molecule has 2 aromatic carbocycles. The van der Waals surface area contributed by atoms with Gasteiger partial charge in [0.05, 0.1) is 12.7 Å². The van der Waals surface area contributed by atoms with Crippen LogP contribution in [0, 0.1) is 6.92 Å². The van der Waals surface area contributed by atoms with Crippen molar-refractivity contribution < 1.29 is 19.1 Å². The summed E-state index contributed by atoms with van der Waals surface area (Å²) in [5, 5.41) is 5.54. The number of anilines is 2. The summed E-state index contributed by atoms with van der Waals surface area (Å²) in [5.41, 5.74) is 2.79. The third-order valence-electron chi connectivity index (χ3n) is 4.18. The van der Waals surface area contributed by atoms with Gasteiger partial charge in [0.15, 0.2) is 0 Å². The predicted molar refractivity (Wildman–Crippen MR) is 97.7 cm³/mol. The van der Waals surface area contributed by atoms with Gasteiger partial charge in [-0.25, -0.2) is 9.59 Å². The fourth-order valence-corrected chi connectivity index (χ4v) is 2.73. The monoisotopic (exact) mass is 353 g/mol. The zero-order valence-corrected chi connectivity index (χ0v) is 14.5. The molecule has 134 valence electrons. The molecule has 0 spiro atoms. The van der Waals surface area contributed by atoms with Crippen LogP contribution in [-0.4, -0.2) is 38.1 Å². The Morgan fingerprint density at radius 3 is 2.65 bits per heavy atom. The molecule has 1 saturated heterocycles. The largest absolute Gasteiger partial charge is 0.465 e. The molecule has 1 aliphatic rings. The number of ether oxygens (including phenoxy) is 1. The number of amides is 3. The van der Waals surface area contributed by atoms with Crippen molar-refractivity contribution in [3.05, 3.63) is 59.2 Å². The zero-order valence-electron chi connectivity index (χ0n) is 14.5. The topological polar surface area (TPSA) is 87.7 Å². The summed E-state index contributed by atoms with van der Waals surface area (Å²) in [4.78, 5) is 37.7. The minimum Gasteiger partial charge on any atom is -0.465 e. The van der Waals surface area contributed by atoms with Gasteiger partial charge in [0.1, 0.15) is 0 Å². The highest BCUT2D eigenvalue weighted by Crippen LogP contribution is 2.21. The van der Waals surface area contributed by atoms with E-state index in [1.807, 2.05) is 6.92 Å². The van der Waals surface area contributed by atoms with Gasteiger partial charge >= 0.3 is 12.0 Å². The van der Waals surface area contributed by atoms with Crippen molar-refractivity contribution in [1.29, 1.82) is 0 Å². The number of urea groups is 1. The van der Waals surface area contributed by atoms with Crippen LogP contribution < -0.4 is 15.5 Å². The molecule has 0 aliphatic carbocycles. The Labute approximate surface area is 150 Å². The lowest BCUT2D eigenvalue weighted by Gasteiger charge is -2.15. The van der Waals surface area contributed by atoms with E-state index in [0.29, 0.717) is 35.6 Å². The van der Waals surface area contributed by atoms with Crippen LogP contribution in [0.15, 0.2) is 42.5 Å². The fraction of sp³-hybridized carbons (Fsp3) is 0.211. The van der Waals surface area contributed by atoms with Gasteiger partial charge in [-0.1, -0.05) is 12.1 Å². The zero-order chi connectivity index (χ0) is 18.7. The van der Waals surface area contributed by atoms with Crippen LogP contribution in [0.3, 0.4) is 0 Å². The number of nitrogens with one attached hydrogen (secondary N) is 2. The molecule has 7 nitrogen and oxygen atoms in total. The number of nitrogens with zero attached hydrogens (tertiary/aromatic N) is 1. The number of methoxy groups -OCH3 is 1. The van der Waals surface area contributed by atoms with Gasteiger partial charge in [-0.2, -0.15) is 0 Å². The van der Waals surface area contributed by atoms with Crippen LogP contribution in [-0.2, 0) is 4.74 Å². The normalized spacial score (nSPS) is 13.3. The molecule has 1 aliphatic heterocycles. The average Bonchev–Trinajstić information content (AvgIpc) is 3.09. The van der Waals surface area contributed by atoms with Gasteiger partial charge < -0.3 is 15.4 Å². The highest BCUT2D eigenvalue weighted by atomic mass is 16.5. The van der Waals surface area contributed by atoms with E-state index in [1.54, 1.807) is 47.4 Å². The van der Waals surface area contributed by atoms with Gasteiger partial charge in [-0.05, 0) is 42.8 Å². The maximum atomic E-state index is 12.6. The molecule has 0 bridgehead atoms. The van der Waals surface area contributed by atoms with E-state index < -0.39 is 5.97 Å². The fourth-order valence-electron chi connectivity index (χ4n) is 2.73. The number of carbonyl (C=O) groups excluding carboxylic acids is 3. The van der Waals surface area contributed by atoms with Gasteiger partial charge in [-0.3, -0.25) is 9.69 Å². The first-order valence-corrected chi connectivity index (χ1v) is 8.15. The van der Waals surface area contributed by atoms with Gasteiger partial charge in [0.25, 0.3) is 5.91 Å². The Morgan fingerprint density at radius 2 is 1.96 bits per heavy atom. The van der Waals surface area contributed by atoms with Crippen molar-refractivity contribution in [2.24, 2.45) is 0 Å². The first-order chi connectivity index (χ1) is 12.5. The molecule has 2 N–H and O–H groups in total. The molecule has 3 rings (SSSR count). The number of hydrogen-bond acceptors (Lipinski definition) is 4. The SMILES string of the molecule is COC(=O)c1ccc(C)c(NC(=O)c2cccc(N3CCNC3=O)c2)c1. The highest BCUT2D eigenvalue weighted by Gasteiger charge is 2.22. The lowest BCUT2D eigenvalue weighted by molar-refractivity contribution is 0.0600. The molecule has 3 amide bonds. The van der Waals surface area contributed by atoms with E-state index in [-0.39, 0.29) is 11.9 Å². The highest BCUT2D eigenvalue weighted by molar-refractivity contribution is 6.06.